The molecule has 0 bridgehead atoms. The van der Waals surface area contributed by atoms with Gasteiger partial charge in [-0.1, -0.05) is 0 Å². The van der Waals surface area contributed by atoms with Gasteiger partial charge in [-0.15, -0.1) is 0 Å². The average molecular weight is 287 g/mol. The topological polar surface area (TPSA) is 56.1 Å². The number of nitrogens with one attached hydrogen (secondary N) is 1. The molecule has 5 heteroatoms. The second kappa shape index (κ2) is 7.04. The number of aryl methyl sites for hydroxylation is 1. The molecule has 0 unspecified atom stereocenters. The first-order chi connectivity index (χ1) is 10.1. The van der Waals surface area contributed by atoms with E-state index in [0.717, 1.165) is 22.8 Å². The van der Waals surface area contributed by atoms with Gasteiger partial charge in [-0.25, -0.2) is 4.98 Å². The maximum Gasteiger partial charge on any atom is 0.226 e. The first kappa shape index (κ1) is 15.3. The van der Waals surface area contributed by atoms with Crippen LogP contribution in [0, 0.1) is 13.8 Å². The SMILES string of the molecule is CCOCCC(=O)Nc1ccc(-n2cnc(C)c2C)cc1. The minimum atomic E-state index is -0.0362. The molecule has 5 nitrogen and oxygen atoms in total. The highest BCUT2D eigenvalue weighted by molar-refractivity contribution is 5.90. The zero-order chi connectivity index (χ0) is 15.2. The molecule has 0 atom stereocenters. The molecule has 0 radical (unpaired) electrons. The van der Waals surface area contributed by atoms with Gasteiger partial charge < -0.3 is 14.6 Å². The Labute approximate surface area is 125 Å². The van der Waals surface area contributed by atoms with Crippen LogP contribution in [0.15, 0.2) is 30.6 Å². The molecule has 0 aliphatic heterocycles. The van der Waals surface area contributed by atoms with Crippen molar-refractivity contribution in [3.63, 3.8) is 0 Å². The van der Waals surface area contributed by atoms with Gasteiger partial charge in [0.1, 0.15) is 0 Å². The van der Waals surface area contributed by atoms with Gasteiger partial charge in [0, 0.05) is 23.7 Å². The summed E-state index contributed by atoms with van der Waals surface area (Å²) in [6, 6.07) is 7.71. The predicted molar refractivity (Wildman–Crippen MR) is 82.8 cm³/mol. The number of imidazole rings is 1. The van der Waals surface area contributed by atoms with Crippen molar-refractivity contribution in [3.05, 3.63) is 42.0 Å². The number of anilines is 1. The number of benzene rings is 1. The van der Waals surface area contributed by atoms with Crippen molar-refractivity contribution in [1.29, 1.82) is 0 Å². The molecule has 1 heterocycles. The maximum absolute atomic E-state index is 11.7. The average Bonchev–Trinajstić information content (AvgIpc) is 2.80. The van der Waals surface area contributed by atoms with Crippen LogP contribution in [0.3, 0.4) is 0 Å². The van der Waals surface area contributed by atoms with Crippen molar-refractivity contribution in [2.75, 3.05) is 18.5 Å². The summed E-state index contributed by atoms with van der Waals surface area (Å²) < 4.78 is 7.19. The zero-order valence-electron chi connectivity index (χ0n) is 12.7. The van der Waals surface area contributed by atoms with Crippen LogP contribution in [0.4, 0.5) is 5.69 Å². The van der Waals surface area contributed by atoms with E-state index in [1.807, 2.05) is 49.6 Å². The van der Waals surface area contributed by atoms with Crippen molar-refractivity contribution in [2.24, 2.45) is 0 Å². The number of rotatable bonds is 6. The molecular weight excluding hydrogens is 266 g/mol. The smallest absolute Gasteiger partial charge is 0.226 e. The molecule has 1 aromatic heterocycles. The van der Waals surface area contributed by atoms with E-state index in [-0.39, 0.29) is 5.91 Å². The first-order valence-electron chi connectivity index (χ1n) is 7.10. The van der Waals surface area contributed by atoms with E-state index in [4.69, 9.17) is 4.74 Å². The highest BCUT2D eigenvalue weighted by atomic mass is 16.5. The second-order valence-corrected chi connectivity index (χ2v) is 4.83. The van der Waals surface area contributed by atoms with Gasteiger partial charge in [0.2, 0.25) is 5.91 Å². The van der Waals surface area contributed by atoms with E-state index in [0.29, 0.717) is 19.6 Å². The van der Waals surface area contributed by atoms with Gasteiger partial charge in [-0.05, 0) is 45.0 Å². The summed E-state index contributed by atoms with van der Waals surface area (Å²) in [4.78, 5) is 16.0. The Morgan fingerprint density at radius 2 is 2.00 bits per heavy atom. The van der Waals surface area contributed by atoms with Gasteiger partial charge >= 0.3 is 0 Å². The third kappa shape index (κ3) is 3.92. The van der Waals surface area contributed by atoms with Crippen LogP contribution in [-0.2, 0) is 9.53 Å². The fourth-order valence-corrected chi connectivity index (χ4v) is 2.00. The Morgan fingerprint density at radius 1 is 1.29 bits per heavy atom. The highest BCUT2D eigenvalue weighted by Crippen LogP contribution is 2.16. The Morgan fingerprint density at radius 3 is 2.57 bits per heavy atom. The van der Waals surface area contributed by atoms with Crippen molar-refractivity contribution < 1.29 is 9.53 Å². The van der Waals surface area contributed by atoms with Gasteiger partial charge in [0.25, 0.3) is 0 Å². The number of nitrogens with zero attached hydrogens (tertiary/aromatic N) is 2. The van der Waals surface area contributed by atoms with Crippen LogP contribution in [0.1, 0.15) is 24.7 Å². The number of hydrogen-bond donors (Lipinski definition) is 1. The van der Waals surface area contributed by atoms with E-state index in [2.05, 4.69) is 10.3 Å². The molecule has 1 N–H and O–H groups in total. The molecule has 0 spiro atoms. The number of carbonyl (C=O) groups excluding carboxylic acids is 1. The van der Waals surface area contributed by atoms with E-state index in [1.54, 1.807) is 6.33 Å². The summed E-state index contributed by atoms with van der Waals surface area (Å²) in [5, 5.41) is 2.86. The first-order valence-corrected chi connectivity index (χ1v) is 7.10. The largest absolute Gasteiger partial charge is 0.381 e. The fourth-order valence-electron chi connectivity index (χ4n) is 2.00. The lowest BCUT2D eigenvalue weighted by atomic mass is 10.2. The molecule has 2 aromatic rings. The third-order valence-corrected chi connectivity index (χ3v) is 3.36. The Kier molecular flexibility index (Phi) is 5.11. The fraction of sp³-hybridized carbons (Fsp3) is 0.375. The lowest BCUT2D eigenvalue weighted by Crippen LogP contribution is -2.14. The second-order valence-electron chi connectivity index (χ2n) is 4.83. The zero-order valence-corrected chi connectivity index (χ0v) is 12.7. The van der Waals surface area contributed by atoms with E-state index in [1.165, 1.54) is 0 Å². The minimum Gasteiger partial charge on any atom is -0.381 e. The van der Waals surface area contributed by atoms with Gasteiger partial charge in [0.15, 0.2) is 0 Å². The summed E-state index contributed by atoms with van der Waals surface area (Å²) in [6.45, 7) is 7.01. The van der Waals surface area contributed by atoms with Crippen LogP contribution >= 0.6 is 0 Å². The molecule has 21 heavy (non-hydrogen) atoms. The van der Waals surface area contributed by atoms with Crippen LogP contribution in [0.5, 0.6) is 0 Å². The van der Waals surface area contributed by atoms with E-state index < -0.39 is 0 Å². The summed E-state index contributed by atoms with van der Waals surface area (Å²) in [5.41, 5.74) is 3.95. The number of amides is 1. The van der Waals surface area contributed by atoms with Crippen molar-refractivity contribution >= 4 is 11.6 Å². The molecule has 0 saturated carbocycles. The van der Waals surface area contributed by atoms with Crippen LogP contribution in [-0.4, -0.2) is 28.7 Å². The maximum atomic E-state index is 11.7. The molecule has 0 aliphatic rings. The Balaban J connectivity index is 1.99. The van der Waals surface area contributed by atoms with E-state index in [9.17, 15) is 4.79 Å². The normalized spacial score (nSPS) is 10.6. The van der Waals surface area contributed by atoms with Gasteiger partial charge in [0.05, 0.1) is 25.0 Å². The van der Waals surface area contributed by atoms with Crippen LogP contribution < -0.4 is 5.32 Å². The molecular formula is C16H21N3O2. The molecule has 2 rings (SSSR count). The predicted octanol–water partition coefficient (Wildman–Crippen LogP) is 2.85. The molecule has 0 aliphatic carbocycles. The summed E-state index contributed by atoms with van der Waals surface area (Å²) >= 11 is 0. The van der Waals surface area contributed by atoms with Crippen LogP contribution in [0.2, 0.25) is 0 Å². The number of carbonyl (C=O) groups is 1. The van der Waals surface area contributed by atoms with Crippen LogP contribution in [0.25, 0.3) is 5.69 Å². The van der Waals surface area contributed by atoms with Crippen molar-refractivity contribution in [2.45, 2.75) is 27.2 Å². The quantitative estimate of drug-likeness (QED) is 0.831. The van der Waals surface area contributed by atoms with Crippen molar-refractivity contribution in [3.8, 4) is 5.69 Å². The summed E-state index contributed by atoms with van der Waals surface area (Å²) in [6.07, 6.45) is 2.18. The molecule has 112 valence electrons. The number of aromatic nitrogens is 2. The highest BCUT2D eigenvalue weighted by Gasteiger charge is 2.05. The minimum absolute atomic E-state index is 0.0362. The summed E-state index contributed by atoms with van der Waals surface area (Å²) in [7, 11) is 0. The van der Waals surface area contributed by atoms with E-state index >= 15 is 0 Å². The lowest BCUT2D eigenvalue weighted by Gasteiger charge is -2.08. The monoisotopic (exact) mass is 287 g/mol. The standard InChI is InChI=1S/C16H21N3O2/c1-4-21-10-9-16(20)18-14-5-7-15(8-6-14)19-11-17-12(2)13(19)3/h5-8,11H,4,9-10H2,1-3H3,(H,18,20). The van der Waals surface area contributed by atoms with Gasteiger partial charge in [-0.3, -0.25) is 4.79 Å². The third-order valence-electron chi connectivity index (χ3n) is 3.36. The van der Waals surface area contributed by atoms with Crippen molar-refractivity contribution in [1.82, 2.24) is 9.55 Å². The lowest BCUT2D eigenvalue weighted by molar-refractivity contribution is -0.117. The molecule has 0 saturated heterocycles. The Bertz CT molecular complexity index is 602. The molecule has 1 amide bonds. The molecule has 0 fully saturated rings. The number of hydrogen-bond acceptors (Lipinski definition) is 3. The summed E-state index contributed by atoms with van der Waals surface area (Å²) in [5.74, 6) is -0.0362. The Hall–Kier alpha value is -2.14. The molecule has 1 aromatic carbocycles. The van der Waals surface area contributed by atoms with Gasteiger partial charge in [-0.2, -0.15) is 0 Å². The number of ether oxygens (including phenoxy) is 1.